The lowest BCUT2D eigenvalue weighted by Gasteiger charge is -2.20. The van der Waals surface area contributed by atoms with Crippen LogP contribution in [0.15, 0.2) is 123 Å². The molecule has 0 radical (unpaired) electrons. The van der Waals surface area contributed by atoms with Crippen LogP contribution in [0, 0.1) is 0 Å². The van der Waals surface area contributed by atoms with Crippen molar-refractivity contribution >= 4 is 12.2 Å². The minimum absolute atomic E-state index is 0.00477. The second-order valence-electron chi connectivity index (χ2n) is 16.4. The lowest BCUT2D eigenvalue weighted by Crippen LogP contribution is -2.40. The van der Waals surface area contributed by atoms with Crippen molar-refractivity contribution in [2.75, 3.05) is 93.4 Å². The Balaban J connectivity index is 0.000000361. The molecule has 0 aromatic heterocycles. The summed E-state index contributed by atoms with van der Waals surface area (Å²) in [6, 6.07) is 31.9. The first-order valence-corrected chi connectivity index (χ1v) is 24.8. The molecule has 0 heterocycles. The van der Waals surface area contributed by atoms with E-state index in [9.17, 15) is 9.59 Å². The third kappa shape index (κ3) is 22.8. The molecule has 2 aliphatic rings. The van der Waals surface area contributed by atoms with Crippen LogP contribution in [0.5, 0.6) is 0 Å². The van der Waals surface area contributed by atoms with E-state index in [-0.39, 0.29) is 57.4 Å². The number of nitrogens with one attached hydrogen (secondary N) is 2. The van der Waals surface area contributed by atoms with E-state index in [1.807, 2.05) is 74.5 Å². The van der Waals surface area contributed by atoms with Gasteiger partial charge >= 0.3 is 12.2 Å². The number of fused-ring (bicyclic) bond motifs is 6. The van der Waals surface area contributed by atoms with Gasteiger partial charge in [0.25, 0.3) is 0 Å². The van der Waals surface area contributed by atoms with Crippen LogP contribution in [0.2, 0.25) is 0 Å². The molecule has 4 aromatic carbocycles. The summed E-state index contributed by atoms with van der Waals surface area (Å²) in [4.78, 5) is 24.4. The molecule has 6 rings (SSSR count). The zero-order valence-corrected chi connectivity index (χ0v) is 43.8. The Morgan fingerprint density at radius 2 is 0.907 bits per heavy atom. The van der Waals surface area contributed by atoms with Gasteiger partial charge in [0.15, 0.2) is 25.7 Å². The molecule has 19 nitrogen and oxygen atoms in total. The molecule has 2 amide bonds. The maximum absolute atomic E-state index is 12.6. The van der Waals surface area contributed by atoms with Gasteiger partial charge in [-0.3, -0.25) is 0 Å². The first-order valence-electron chi connectivity index (χ1n) is 24.8. The van der Waals surface area contributed by atoms with Crippen molar-refractivity contribution in [2.45, 2.75) is 76.9 Å². The lowest BCUT2D eigenvalue weighted by atomic mass is 9.98. The largest absolute Gasteiger partial charge is 0.498 e. The Morgan fingerprint density at radius 1 is 0.547 bits per heavy atom. The molecule has 75 heavy (non-hydrogen) atoms. The molecule has 4 atom stereocenters. The molecule has 4 unspecified atom stereocenters. The van der Waals surface area contributed by atoms with Crippen LogP contribution in [-0.2, 0) is 52.1 Å². The van der Waals surface area contributed by atoms with Crippen LogP contribution in [0.1, 0.15) is 68.2 Å². The van der Waals surface area contributed by atoms with Crippen LogP contribution in [0.4, 0.5) is 9.59 Å². The van der Waals surface area contributed by atoms with Gasteiger partial charge in [-0.2, -0.15) is 0 Å². The average Bonchev–Trinajstić information content (AvgIpc) is 3.93. The van der Waals surface area contributed by atoms with E-state index in [0.29, 0.717) is 52.7 Å². The summed E-state index contributed by atoms with van der Waals surface area (Å²) in [6.07, 6.45) is 1.19. The Bertz CT molecular complexity index is 2110. The zero-order valence-electron chi connectivity index (χ0n) is 43.8. The quantitative estimate of drug-likeness (QED) is 0.0172. The van der Waals surface area contributed by atoms with Crippen LogP contribution >= 0.6 is 0 Å². The van der Waals surface area contributed by atoms with Crippen molar-refractivity contribution in [2.24, 2.45) is 0 Å². The normalized spacial score (nSPS) is 13.5. The smallest absolute Gasteiger partial charge is 0.407 e. The molecular weight excluding hydrogens is 973 g/mol. The summed E-state index contributed by atoms with van der Waals surface area (Å²) < 4.78 is 58.5. The summed E-state index contributed by atoms with van der Waals surface area (Å²) in [6.45, 7) is 16.1. The van der Waals surface area contributed by atoms with Gasteiger partial charge in [0, 0.05) is 18.9 Å². The number of hydrogen-bond acceptors (Lipinski definition) is 17. The van der Waals surface area contributed by atoms with Gasteiger partial charge in [0.1, 0.15) is 33.2 Å². The lowest BCUT2D eigenvalue weighted by molar-refractivity contribution is -0.241. The van der Waals surface area contributed by atoms with E-state index in [2.05, 4.69) is 60.2 Å². The monoisotopic (exact) mass is 1050 g/mol. The molecule has 2 aliphatic carbocycles. The van der Waals surface area contributed by atoms with Crippen LogP contribution < -0.4 is 10.6 Å². The predicted octanol–water partition coefficient (Wildman–Crippen LogP) is 7.16. The number of alkyl carbamates (subject to hydrolysis) is 2. The fraction of sp³-hybridized carbons (Fsp3) is 0.464. The second kappa shape index (κ2) is 37.7. The summed E-state index contributed by atoms with van der Waals surface area (Å²) in [5.41, 5.74) is 9.38. The molecule has 0 spiro atoms. The molecule has 6 N–H and O–H groups in total. The van der Waals surface area contributed by atoms with Gasteiger partial charge in [-0.05, 0) is 71.7 Å². The number of carbonyl (C=O) groups excluding carboxylic acids is 2. The molecule has 0 bridgehead atoms. The number of amides is 2. The number of aliphatic hydroxyl groups excluding tert-OH is 3. The van der Waals surface area contributed by atoms with E-state index < -0.39 is 37.6 Å². The molecule has 0 aliphatic heterocycles. The Morgan fingerprint density at radius 3 is 1.27 bits per heavy atom. The molecular formula is C56H78N2O17. The van der Waals surface area contributed by atoms with Gasteiger partial charge in [0.05, 0.1) is 70.9 Å². The Labute approximate surface area is 441 Å². The summed E-state index contributed by atoms with van der Waals surface area (Å²) in [5.74, 6) is 0.0198. The number of benzene rings is 4. The first kappa shape index (κ1) is 63.4. The highest BCUT2D eigenvalue weighted by molar-refractivity contribution is 5.80. The number of methoxy groups -OCH3 is 1. The summed E-state index contributed by atoms with van der Waals surface area (Å²) >= 11 is 0. The molecule has 414 valence electrons. The fourth-order valence-corrected chi connectivity index (χ4v) is 7.61. The Hall–Kier alpha value is -5.94. The van der Waals surface area contributed by atoms with Gasteiger partial charge in [-0.25, -0.2) is 9.59 Å². The van der Waals surface area contributed by atoms with Crippen molar-refractivity contribution in [3.05, 3.63) is 145 Å². The van der Waals surface area contributed by atoms with Gasteiger partial charge in [-0.1, -0.05) is 117 Å². The molecule has 0 saturated carbocycles. The van der Waals surface area contributed by atoms with Crippen LogP contribution in [0.3, 0.4) is 0 Å². The zero-order chi connectivity index (χ0) is 54.6. The van der Waals surface area contributed by atoms with Crippen LogP contribution in [-0.4, -0.2) is 157 Å². The fourth-order valence-electron chi connectivity index (χ4n) is 7.61. The van der Waals surface area contributed by atoms with Gasteiger partial charge < -0.3 is 83.2 Å². The van der Waals surface area contributed by atoms with Crippen molar-refractivity contribution in [3.63, 3.8) is 0 Å². The van der Waals surface area contributed by atoms with Crippen molar-refractivity contribution in [3.8, 4) is 22.3 Å². The minimum Gasteiger partial charge on any atom is -0.498 e. The highest BCUT2D eigenvalue weighted by Crippen LogP contribution is 2.45. The third-order valence-electron chi connectivity index (χ3n) is 11.4. The van der Waals surface area contributed by atoms with Crippen molar-refractivity contribution in [1.29, 1.82) is 0 Å². The number of carbonyl (C=O) groups is 2. The van der Waals surface area contributed by atoms with Gasteiger partial charge in [-0.15, -0.1) is 0 Å². The number of aliphatic hydroxyl groups is 4. The highest BCUT2D eigenvalue weighted by Gasteiger charge is 2.30. The predicted molar refractivity (Wildman–Crippen MR) is 281 cm³/mol. The first-order chi connectivity index (χ1) is 36.5. The molecule has 4 aromatic rings. The van der Waals surface area contributed by atoms with E-state index in [4.69, 9.17) is 72.5 Å². The van der Waals surface area contributed by atoms with E-state index in [0.717, 1.165) is 11.1 Å². The average molecular weight is 1050 g/mol. The van der Waals surface area contributed by atoms with Crippen molar-refractivity contribution < 1.29 is 82.1 Å². The highest BCUT2D eigenvalue weighted by atomic mass is 16.8. The summed E-state index contributed by atoms with van der Waals surface area (Å²) in [5, 5.41) is 37.6. The van der Waals surface area contributed by atoms with Crippen LogP contribution in [0.25, 0.3) is 22.3 Å². The van der Waals surface area contributed by atoms with E-state index >= 15 is 0 Å². The number of hydrogen-bond donors (Lipinski definition) is 6. The third-order valence-corrected chi connectivity index (χ3v) is 11.4. The summed E-state index contributed by atoms with van der Waals surface area (Å²) in [7, 11) is 1.58. The maximum Gasteiger partial charge on any atom is 0.407 e. The number of ether oxygens (including phenoxy) is 11. The standard InChI is InChI=1S/C31H45NO9.C18H19NO4.C6H10O2.CH4O2/c1-6-25(19-35-15-16-37-23(3)40-21-41-24(4)38-18-17-36-22(2)34-5)32-31(33)39-20-30-28-13-9-7-11-26(28)27-12-8-10-14-29(27)30;20-9-12(10-21)19-18(22)23-11-17-15-7-3-1-5-13(15)14-6-2-4-8-16(14)17;1-3-7-5-6-8-4-2;2-1-3/h7-14,22-25,30H,6,15-21H2,1-5H3,(H,32,33);1-8,12,17,20-21H,9-11H2,(H,19,22);3-4H,1-2,5-6H2;2-3H,1H2. The molecule has 0 saturated heterocycles. The minimum atomic E-state index is -0.750. The topological polar surface area (TPSA) is 241 Å². The van der Waals surface area contributed by atoms with Crippen molar-refractivity contribution in [1.82, 2.24) is 10.6 Å². The second-order valence-corrected chi connectivity index (χ2v) is 16.4. The maximum atomic E-state index is 12.6. The number of rotatable bonds is 30. The molecule has 0 fully saturated rings. The molecule has 19 heteroatoms. The SMILES string of the molecule is C=COCCOC=C.CCC(COCCOC(C)OCOC(C)OCCOC(C)OC)NC(=O)OCC1c2ccccc2-c2ccccc21.O=C(NC(CO)CO)OCC1c2ccccc2-c2ccccc21.OCO. The van der Waals surface area contributed by atoms with E-state index in [1.165, 1.54) is 45.9 Å². The van der Waals surface area contributed by atoms with Gasteiger partial charge in [0.2, 0.25) is 0 Å². The Kier molecular flexibility index (Phi) is 31.9. The van der Waals surface area contributed by atoms with E-state index in [1.54, 1.807) is 21.0 Å².